The van der Waals surface area contributed by atoms with Gasteiger partial charge in [-0.15, -0.1) is 0 Å². The van der Waals surface area contributed by atoms with Crippen LogP contribution < -0.4 is 35.1 Å². The second kappa shape index (κ2) is 15.1. The van der Waals surface area contributed by atoms with Crippen LogP contribution in [0.25, 0.3) is 6.08 Å². The number of methoxy groups -OCH3 is 3. The first-order chi connectivity index (χ1) is 21.7. The number of rotatable bonds is 10. The number of hydrogen-bond donors (Lipinski definition) is 3. The van der Waals surface area contributed by atoms with E-state index in [2.05, 4.69) is 16.2 Å². The molecule has 11 nitrogen and oxygen atoms in total. The van der Waals surface area contributed by atoms with Crippen molar-refractivity contribution in [1.82, 2.24) is 10.9 Å². The molecular formula is C33H28ClN3O8. The number of hydrogen-bond acceptors (Lipinski definition) is 8. The Morgan fingerprint density at radius 3 is 1.91 bits per heavy atom. The summed E-state index contributed by atoms with van der Waals surface area (Å²) in [6, 6.07) is 22.0. The molecule has 0 fully saturated rings. The molecule has 0 aliphatic rings. The molecule has 45 heavy (non-hydrogen) atoms. The Morgan fingerprint density at radius 1 is 0.667 bits per heavy atom. The van der Waals surface area contributed by atoms with Crippen molar-refractivity contribution in [2.75, 3.05) is 26.6 Å². The fraction of sp³-hybridized carbons (Fsp3) is 0.0909. The summed E-state index contributed by atoms with van der Waals surface area (Å²) in [7, 11) is 4.36. The number of hydrazine groups is 1. The van der Waals surface area contributed by atoms with Crippen molar-refractivity contribution >= 4 is 47.1 Å². The van der Waals surface area contributed by atoms with Gasteiger partial charge >= 0.3 is 5.97 Å². The third kappa shape index (κ3) is 8.39. The summed E-state index contributed by atoms with van der Waals surface area (Å²) in [6.07, 6.45) is 2.62. The van der Waals surface area contributed by atoms with Gasteiger partial charge < -0.3 is 24.3 Å². The lowest BCUT2D eigenvalue weighted by Gasteiger charge is -2.14. The molecule has 0 saturated heterocycles. The zero-order valence-corrected chi connectivity index (χ0v) is 25.1. The quantitative estimate of drug-likeness (QED) is 0.0927. The molecular weight excluding hydrogens is 602 g/mol. The van der Waals surface area contributed by atoms with Crippen LogP contribution in [0.5, 0.6) is 23.0 Å². The van der Waals surface area contributed by atoms with Crippen LogP contribution in [0.3, 0.4) is 0 Å². The standard InChI is InChI=1S/C33H28ClN3O8/c1-42-27-18-23(19-28(43-2)30(27)44-3)31(39)35-25-15-10-21(11-16-25)32(40)37-36-29(38)17-12-20-6-4-5-7-26(20)45-33(41)22-8-13-24(34)14-9-22/h4-19H,1-3H3,(H,35,39)(H,36,38)(H,37,40)/b17-12+. The van der Waals surface area contributed by atoms with E-state index in [9.17, 15) is 19.2 Å². The van der Waals surface area contributed by atoms with Crippen molar-refractivity contribution in [3.8, 4) is 23.0 Å². The number of esters is 1. The van der Waals surface area contributed by atoms with Crippen molar-refractivity contribution < 1.29 is 38.1 Å². The number of anilines is 1. The largest absolute Gasteiger partial charge is 0.493 e. The molecule has 4 aromatic carbocycles. The molecule has 0 heterocycles. The van der Waals surface area contributed by atoms with Crippen LogP contribution in [0.2, 0.25) is 5.02 Å². The molecule has 3 N–H and O–H groups in total. The lowest BCUT2D eigenvalue weighted by Crippen LogP contribution is -2.40. The van der Waals surface area contributed by atoms with E-state index in [1.807, 2.05) is 0 Å². The molecule has 12 heteroatoms. The molecule has 230 valence electrons. The summed E-state index contributed by atoms with van der Waals surface area (Å²) in [6.45, 7) is 0. The monoisotopic (exact) mass is 629 g/mol. The highest BCUT2D eigenvalue weighted by molar-refractivity contribution is 6.30. The van der Waals surface area contributed by atoms with Gasteiger partial charge in [0.25, 0.3) is 17.7 Å². The van der Waals surface area contributed by atoms with Gasteiger partial charge in [-0.3, -0.25) is 25.2 Å². The van der Waals surface area contributed by atoms with E-state index in [0.29, 0.717) is 39.1 Å². The molecule has 0 aromatic heterocycles. The first kappa shape index (κ1) is 32.1. The Labute approximate surface area is 263 Å². The number of carbonyl (C=O) groups excluding carboxylic acids is 4. The fourth-order valence-electron chi connectivity index (χ4n) is 3.97. The fourth-order valence-corrected chi connectivity index (χ4v) is 4.10. The summed E-state index contributed by atoms with van der Waals surface area (Å²) in [5, 5.41) is 3.23. The van der Waals surface area contributed by atoms with Crippen LogP contribution in [0.15, 0.2) is 91.0 Å². The number of nitrogens with one attached hydrogen (secondary N) is 3. The van der Waals surface area contributed by atoms with Crippen molar-refractivity contribution in [2.24, 2.45) is 0 Å². The van der Waals surface area contributed by atoms with Gasteiger partial charge in [0.05, 0.1) is 26.9 Å². The first-order valence-electron chi connectivity index (χ1n) is 13.3. The number of benzene rings is 4. The van der Waals surface area contributed by atoms with Crippen LogP contribution in [-0.4, -0.2) is 45.0 Å². The van der Waals surface area contributed by atoms with E-state index in [4.69, 9.17) is 30.5 Å². The van der Waals surface area contributed by atoms with Gasteiger partial charge in [-0.25, -0.2) is 4.79 Å². The highest BCUT2D eigenvalue weighted by Crippen LogP contribution is 2.38. The van der Waals surface area contributed by atoms with Gasteiger partial charge in [0.15, 0.2) is 11.5 Å². The Balaban J connectivity index is 1.32. The zero-order valence-electron chi connectivity index (χ0n) is 24.4. The minimum absolute atomic E-state index is 0.226. The van der Waals surface area contributed by atoms with Crippen LogP contribution in [0.4, 0.5) is 5.69 Å². The van der Waals surface area contributed by atoms with E-state index in [1.165, 1.54) is 69.9 Å². The lowest BCUT2D eigenvalue weighted by atomic mass is 10.1. The summed E-state index contributed by atoms with van der Waals surface area (Å²) in [5.41, 5.74) is 6.30. The summed E-state index contributed by atoms with van der Waals surface area (Å²) in [5.74, 6) is -0.991. The third-order valence-electron chi connectivity index (χ3n) is 6.25. The molecule has 0 saturated carbocycles. The van der Waals surface area contributed by atoms with Crippen LogP contribution >= 0.6 is 11.6 Å². The molecule has 0 unspecified atom stereocenters. The van der Waals surface area contributed by atoms with Gasteiger partial charge in [0.2, 0.25) is 5.75 Å². The molecule has 4 rings (SSSR count). The molecule has 0 radical (unpaired) electrons. The van der Waals surface area contributed by atoms with E-state index < -0.39 is 23.7 Å². The van der Waals surface area contributed by atoms with Gasteiger partial charge in [0, 0.05) is 33.5 Å². The molecule has 0 spiro atoms. The Hall–Kier alpha value is -5.81. The number of ether oxygens (including phenoxy) is 4. The predicted molar refractivity (Wildman–Crippen MR) is 168 cm³/mol. The second-order valence-corrected chi connectivity index (χ2v) is 9.59. The van der Waals surface area contributed by atoms with Crippen LogP contribution in [0.1, 0.15) is 36.6 Å². The van der Waals surface area contributed by atoms with Crippen molar-refractivity contribution in [3.63, 3.8) is 0 Å². The third-order valence-corrected chi connectivity index (χ3v) is 6.50. The van der Waals surface area contributed by atoms with E-state index in [0.717, 1.165) is 0 Å². The van der Waals surface area contributed by atoms with E-state index in [-0.39, 0.29) is 16.9 Å². The van der Waals surface area contributed by atoms with E-state index >= 15 is 0 Å². The van der Waals surface area contributed by atoms with Gasteiger partial charge in [-0.05, 0) is 72.8 Å². The van der Waals surface area contributed by atoms with Crippen molar-refractivity contribution in [1.29, 1.82) is 0 Å². The summed E-state index contributed by atoms with van der Waals surface area (Å²) >= 11 is 5.87. The Morgan fingerprint density at radius 2 is 1.29 bits per heavy atom. The maximum atomic E-state index is 12.8. The highest BCUT2D eigenvalue weighted by atomic mass is 35.5. The predicted octanol–water partition coefficient (Wildman–Crippen LogP) is 5.31. The zero-order chi connectivity index (χ0) is 32.3. The van der Waals surface area contributed by atoms with Crippen molar-refractivity contribution in [3.05, 3.63) is 118 Å². The minimum Gasteiger partial charge on any atom is -0.493 e. The van der Waals surface area contributed by atoms with Crippen LogP contribution in [0, 0.1) is 0 Å². The molecule has 4 aromatic rings. The van der Waals surface area contributed by atoms with Gasteiger partial charge in [-0.1, -0.05) is 29.8 Å². The number of amides is 3. The lowest BCUT2D eigenvalue weighted by molar-refractivity contribution is -0.117. The number of halogens is 1. The number of carbonyl (C=O) groups is 4. The summed E-state index contributed by atoms with van der Waals surface area (Å²) < 4.78 is 21.3. The average molecular weight is 630 g/mol. The Kier molecular flexibility index (Phi) is 10.8. The smallest absolute Gasteiger partial charge is 0.343 e. The topological polar surface area (TPSA) is 141 Å². The van der Waals surface area contributed by atoms with Crippen molar-refractivity contribution in [2.45, 2.75) is 0 Å². The van der Waals surface area contributed by atoms with Gasteiger partial charge in [-0.2, -0.15) is 0 Å². The van der Waals surface area contributed by atoms with E-state index in [1.54, 1.807) is 48.5 Å². The molecule has 0 atom stereocenters. The Bertz CT molecular complexity index is 1710. The molecule has 0 aliphatic carbocycles. The maximum Gasteiger partial charge on any atom is 0.343 e. The van der Waals surface area contributed by atoms with Crippen LogP contribution in [-0.2, 0) is 4.79 Å². The normalized spacial score (nSPS) is 10.5. The maximum absolute atomic E-state index is 12.8. The average Bonchev–Trinajstić information content (AvgIpc) is 3.06. The minimum atomic E-state index is -0.628. The summed E-state index contributed by atoms with van der Waals surface area (Å²) in [4.78, 5) is 50.3. The first-order valence-corrected chi connectivity index (χ1v) is 13.7. The molecule has 3 amide bonds. The van der Waals surface area contributed by atoms with Gasteiger partial charge in [0.1, 0.15) is 5.75 Å². The molecule has 0 bridgehead atoms. The second-order valence-electron chi connectivity index (χ2n) is 9.16. The SMILES string of the molecule is COc1cc(C(=O)Nc2ccc(C(=O)NNC(=O)/C=C/c3ccccc3OC(=O)c3ccc(Cl)cc3)cc2)cc(OC)c1OC. The number of para-hydroxylation sites is 1. The molecule has 0 aliphatic heterocycles. The highest BCUT2D eigenvalue weighted by Gasteiger charge is 2.17.